The van der Waals surface area contributed by atoms with Crippen LogP contribution in [0.5, 0.6) is 0 Å². The highest BCUT2D eigenvalue weighted by Crippen LogP contribution is 2.42. The molecule has 0 spiro atoms. The van der Waals surface area contributed by atoms with Crippen molar-refractivity contribution >= 4 is 11.8 Å². The predicted molar refractivity (Wildman–Crippen MR) is 111 cm³/mol. The number of anilines is 2. The number of aromatic nitrogens is 4. The number of nitrogens with two attached hydrogens (primary N) is 1. The van der Waals surface area contributed by atoms with Crippen molar-refractivity contribution in [2.75, 3.05) is 23.7 Å². The van der Waals surface area contributed by atoms with Gasteiger partial charge >= 0.3 is 0 Å². The van der Waals surface area contributed by atoms with E-state index in [9.17, 15) is 4.91 Å². The Bertz CT molecular complexity index is 1030. The van der Waals surface area contributed by atoms with E-state index in [0.29, 0.717) is 18.2 Å². The summed E-state index contributed by atoms with van der Waals surface area (Å²) in [5, 5.41) is 3.56. The zero-order valence-corrected chi connectivity index (χ0v) is 16.1. The number of benzene rings is 1. The predicted octanol–water partition coefficient (Wildman–Crippen LogP) is 3.27. The van der Waals surface area contributed by atoms with Crippen molar-refractivity contribution in [3.8, 4) is 11.3 Å². The van der Waals surface area contributed by atoms with Crippen LogP contribution in [0, 0.1) is 10.8 Å². The smallest absolute Gasteiger partial charge is 0.227 e. The third-order valence-corrected chi connectivity index (χ3v) is 6.23. The molecule has 4 heterocycles. The zero-order chi connectivity index (χ0) is 19.8. The van der Waals surface area contributed by atoms with Crippen LogP contribution in [0.25, 0.3) is 11.3 Å². The molecule has 8 heteroatoms. The number of imidazole rings is 1. The van der Waals surface area contributed by atoms with Crippen LogP contribution in [0.15, 0.2) is 54.2 Å². The fourth-order valence-electron chi connectivity index (χ4n) is 4.72. The fraction of sp³-hybridized carbons (Fsp3) is 0.381. The Kier molecular flexibility index (Phi) is 4.46. The van der Waals surface area contributed by atoms with Gasteiger partial charge in [-0.1, -0.05) is 29.4 Å². The number of nitroso groups, excluding NO2 is 1. The molecule has 2 unspecified atom stereocenters. The molecule has 2 atom stereocenters. The van der Waals surface area contributed by atoms with Gasteiger partial charge in [0.15, 0.2) is 0 Å². The first-order chi connectivity index (χ1) is 14.2. The normalized spacial score (nSPS) is 19.6. The summed E-state index contributed by atoms with van der Waals surface area (Å²) in [4.78, 5) is 26.9. The van der Waals surface area contributed by atoms with E-state index in [1.807, 2.05) is 18.6 Å². The minimum atomic E-state index is -0.231. The van der Waals surface area contributed by atoms with Gasteiger partial charge in [0, 0.05) is 24.8 Å². The standard InChI is InChI=1S/C21H23N7O/c22-20-5-8-24-21(25-20)27-9-6-14(7-10-27)17(26-29)11-18-15-3-1-2-4-16(15)19-12-23-13-28(18)19/h1-5,8,12-14,17-18H,6-7,9-11H2,(H2,22,24,25). The highest BCUT2D eigenvalue weighted by molar-refractivity contribution is 5.68. The summed E-state index contributed by atoms with van der Waals surface area (Å²) in [6.07, 6.45) is 7.91. The maximum absolute atomic E-state index is 11.8. The zero-order valence-electron chi connectivity index (χ0n) is 16.1. The average Bonchev–Trinajstić information content (AvgIpc) is 3.34. The van der Waals surface area contributed by atoms with Crippen LogP contribution in [-0.2, 0) is 0 Å². The van der Waals surface area contributed by atoms with Crippen molar-refractivity contribution in [1.82, 2.24) is 19.5 Å². The topological polar surface area (TPSA) is 102 Å². The number of piperidine rings is 1. The maximum Gasteiger partial charge on any atom is 0.227 e. The summed E-state index contributed by atoms with van der Waals surface area (Å²) >= 11 is 0. The molecule has 2 N–H and O–H groups in total. The summed E-state index contributed by atoms with van der Waals surface area (Å²) in [5.41, 5.74) is 9.35. The quantitative estimate of drug-likeness (QED) is 0.672. The molecule has 0 bridgehead atoms. The first kappa shape index (κ1) is 17.8. The molecule has 0 saturated carbocycles. The van der Waals surface area contributed by atoms with E-state index < -0.39 is 0 Å². The molecule has 0 amide bonds. The van der Waals surface area contributed by atoms with Gasteiger partial charge in [0.05, 0.1) is 30.3 Å². The van der Waals surface area contributed by atoms with Crippen molar-refractivity contribution in [2.24, 2.45) is 11.1 Å². The van der Waals surface area contributed by atoms with E-state index >= 15 is 0 Å². The molecule has 5 rings (SSSR count). The second-order valence-electron chi connectivity index (χ2n) is 7.80. The highest BCUT2D eigenvalue weighted by atomic mass is 16.3. The van der Waals surface area contributed by atoms with E-state index in [1.165, 1.54) is 11.1 Å². The van der Waals surface area contributed by atoms with E-state index in [2.05, 4.69) is 47.8 Å². The third-order valence-electron chi connectivity index (χ3n) is 6.23. The lowest BCUT2D eigenvalue weighted by Crippen LogP contribution is -2.38. The molecule has 1 aromatic carbocycles. The minimum absolute atomic E-state index is 0.113. The van der Waals surface area contributed by atoms with Crippen LogP contribution < -0.4 is 10.6 Å². The molecule has 2 aromatic heterocycles. The summed E-state index contributed by atoms with van der Waals surface area (Å²) < 4.78 is 2.18. The van der Waals surface area contributed by atoms with Crippen LogP contribution in [0.2, 0.25) is 0 Å². The second kappa shape index (κ2) is 7.27. The van der Waals surface area contributed by atoms with Crippen LogP contribution in [0.1, 0.15) is 30.9 Å². The van der Waals surface area contributed by atoms with E-state index in [-0.39, 0.29) is 18.0 Å². The molecular weight excluding hydrogens is 366 g/mol. The van der Waals surface area contributed by atoms with Gasteiger partial charge in [0.1, 0.15) is 5.82 Å². The molecule has 1 saturated heterocycles. The first-order valence-electron chi connectivity index (χ1n) is 10.0. The number of fused-ring (bicyclic) bond motifs is 3. The monoisotopic (exact) mass is 389 g/mol. The molecule has 3 aromatic rings. The van der Waals surface area contributed by atoms with Crippen LogP contribution >= 0.6 is 0 Å². The van der Waals surface area contributed by atoms with Crippen molar-refractivity contribution in [1.29, 1.82) is 0 Å². The maximum atomic E-state index is 11.8. The Balaban J connectivity index is 1.30. The fourth-order valence-corrected chi connectivity index (χ4v) is 4.72. The molecule has 1 fully saturated rings. The van der Waals surface area contributed by atoms with Crippen LogP contribution in [0.3, 0.4) is 0 Å². The first-order valence-corrected chi connectivity index (χ1v) is 10.0. The SMILES string of the molecule is Nc1ccnc(N2CCC(C(CC3c4ccccc4-c4cncn43)N=O)CC2)n1. The van der Waals surface area contributed by atoms with Crippen molar-refractivity contribution in [2.45, 2.75) is 31.3 Å². The number of nitrogens with zero attached hydrogens (tertiary/aromatic N) is 6. The molecule has 8 nitrogen and oxygen atoms in total. The largest absolute Gasteiger partial charge is 0.384 e. The Hall–Kier alpha value is -3.29. The van der Waals surface area contributed by atoms with Gasteiger partial charge in [0.25, 0.3) is 0 Å². The molecule has 2 aliphatic heterocycles. The number of hydrogen-bond acceptors (Lipinski definition) is 7. The molecule has 148 valence electrons. The van der Waals surface area contributed by atoms with Gasteiger partial charge in [-0.05, 0) is 36.8 Å². The number of rotatable bonds is 5. The average molecular weight is 389 g/mol. The molecular formula is C21H23N7O. The summed E-state index contributed by atoms with van der Waals surface area (Å²) in [6.45, 7) is 1.61. The minimum Gasteiger partial charge on any atom is -0.384 e. The lowest BCUT2D eigenvalue weighted by Gasteiger charge is -2.34. The molecule has 0 radical (unpaired) electrons. The van der Waals surface area contributed by atoms with E-state index in [0.717, 1.165) is 31.6 Å². The summed E-state index contributed by atoms with van der Waals surface area (Å²) in [5.74, 6) is 1.39. The third kappa shape index (κ3) is 3.14. The van der Waals surface area contributed by atoms with Crippen molar-refractivity contribution in [3.05, 3.63) is 59.5 Å². The Morgan fingerprint density at radius 3 is 2.83 bits per heavy atom. The lowest BCUT2D eigenvalue weighted by molar-refractivity contribution is 0.306. The highest BCUT2D eigenvalue weighted by Gasteiger charge is 2.35. The van der Waals surface area contributed by atoms with Gasteiger partial charge in [-0.25, -0.2) is 9.97 Å². The van der Waals surface area contributed by atoms with Gasteiger partial charge < -0.3 is 15.2 Å². The van der Waals surface area contributed by atoms with Crippen molar-refractivity contribution in [3.63, 3.8) is 0 Å². The second-order valence-corrected chi connectivity index (χ2v) is 7.80. The Labute approximate surface area is 168 Å². The number of nitrogen functional groups attached to an aromatic ring is 1. The van der Waals surface area contributed by atoms with E-state index in [1.54, 1.807) is 12.3 Å². The molecule has 2 aliphatic rings. The van der Waals surface area contributed by atoms with E-state index in [4.69, 9.17) is 5.73 Å². The van der Waals surface area contributed by atoms with Crippen molar-refractivity contribution < 1.29 is 0 Å². The lowest BCUT2D eigenvalue weighted by atomic mass is 9.85. The Morgan fingerprint density at radius 1 is 1.21 bits per heavy atom. The van der Waals surface area contributed by atoms with Crippen LogP contribution in [-0.4, -0.2) is 38.7 Å². The van der Waals surface area contributed by atoms with Crippen LogP contribution in [0.4, 0.5) is 11.8 Å². The Morgan fingerprint density at radius 2 is 2.03 bits per heavy atom. The summed E-state index contributed by atoms with van der Waals surface area (Å²) in [7, 11) is 0. The molecule has 29 heavy (non-hydrogen) atoms. The van der Waals surface area contributed by atoms with Gasteiger partial charge in [0.2, 0.25) is 5.95 Å². The number of hydrogen-bond donors (Lipinski definition) is 1. The summed E-state index contributed by atoms with van der Waals surface area (Å²) in [6, 6.07) is 9.94. The van der Waals surface area contributed by atoms with Gasteiger partial charge in [-0.15, -0.1) is 0 Å². The van der Waals surface area contributed by atoms with Gasteiger partial charge in [-0.3, -0.25) is 0 Å². The van der Waals surface area contributed by atoms with Gasteiger partial charge in [-0.2, -0.15) is 9.89 Å². The molecule has 0 aliphatic carbocycles.